The Balaban J connectivity index is 0.531. The van der Waals surface area contributed by atoms with Crippen LogP contribution in [0.5, 0.6) is 0 Å². The lowest BCUT2D eigenvalue weighted by molar-refractivity contribution is 0.647. The molecule has 0 bridgehead atoms. The van der Waals surface area contributed by atoms with Gasteiger partial charge in [-0.25, -0.2) is 0 Å². The molecule has 2 spiro atoms. The molecule has 0 radical (unpaired) electrons. The van der Waals surface area contributed by atoms with Gasteiger partial charge in [0.15, 0.2) is 0 Å². The molecule has 1 atom stereocenters. The Labute approximate surface area is 853 Å². The summed E-state index contributed by atoms with van der Waals surface area (Å²) >= 11 is 1.86. The van der Waals surface area contributed by atoms with Crippen LogP contribution >= 0.6 is 11.3 Å². The minimum absolute atomic E-state index is 0.112. The van der Waals surface area contributed by atoms with Gasteiger partial charge < -0.3 is 24.2 Å². The molecular formula is C140H93N5S. The van der Waals surface area contributed by atoms with Crippen molar-refractivity contribution in [2.75, 3.05) is 19.6 Å². The molecular weight excluding hydrogens is 1780 g/mol. The van der Waals surface area contributed by atoms with Crippen molar-refractivity contribution < 1.29 is 0 Å². The van der Waals surface area contributed by atoms with Gasteiger partial charge in [-0.05, 0) is 298 Å². The minimum Gasteiger partial charge on any atom is -0.334 e. The third-order valence-corrected chi connectivity index (χ3v) is 32.7. The van der Waals surface area contributed by atoms with Crippen LogP contribution in [-0.2, 0) is 10.8 Å². The van der Waals surface area contributed by atoms with Crippen molar-refractivity contribution in [3.8, 4) is 94.7 Å². The lowest BCUT2D eigenvalue weighted by atomic mass is 9.62. The highest BCUT2D eigenvalue weighted by atomic mass is 32.1. The van der Waals surface area contributed by atoms with E-state index in [0.29, 0.717) is 0 Å². The summed E-state index contributed by atoms with van der Waals surface area (Å²) in [4.78, 5) is 10.2. The number of hydrogen-bond donors (Lipinski definition) is 0. The molecule has 4 heterocycles. The van der Waals surface area contributed by atoms with E-state index in [9.17, 15) is 0 Å². The Morgan fingerprint density at radius 2 is 0.637 bits per heavy atom. The van der Waals surface area contributed by atoms with E-state index >= 15 is 0 Å². The molecule has 0 saturated heterocycles. The second-order valence-electron chi connectivity index (χ2n) is 39.1. The Morgan fingerprint density at radius 1 is 0.226 bits per heavy atom. The van der Waals surface area contributed by atoms with Crippen molar-refractivity contribution in [3.05, 3.63) is 596 Å². The smallest absolute Gasteiger partial charge is 0.0755 e. The fourth-order valence-electron chi connectivity index (χ4n) is 25.3. The van der Waals surface area contributed by atoms with E-state index in [1.165, 1.54) is 148 Å². The topological polar surface area (TPSA) is 17.9 Å². The maximum Gasteiger partial charge on any atom is 0.0755 e. The number of allylic oxidation sites excluding steroid dienone is 2. The molecule has 3 aliphatic carbocycles. The van der Waals surface area contributed by atoms with Gasteiger partial charge in [0, 0.05) is 81.9 Å². The molecule has 29 rings (SSSR count). The maximum absolute atomic E-state index is 2.65. The van der Waals surface area contributed by atoms with Crippen LogP contribution in [0.3, 0.4) is 0 Å². The van der Waals surface area contributed by atoms with Crippen LogP contribution in [0.4, 0.5) is 62.6 Å². The van der Waals surface area contributed by atoms with Crippen LogP contribution in [0.2, 0.25) is 0 Å². The predicted octanol–water partition coefficient (Wildman–Crippen LogP) is 37.5. The Hall–Kier alpha value is -18.5. The summed E-state index contributed by atoms with van der Waals surface area (Å²) in [5, 5.41) is 4.95. The summed E-state index contributed by atoms with van der Waals surface area (Å²) in [5.41, 5.74) is 45.9. The van der Waals surface area contributed by atoms with Crippen molar-refractivity contribution in [1.82, 2.24) is 4.57 Å². The zero-order chi connectivity index (χ0) is 96.1. The van der Waals surface area contributed by atoms with Gasteiger partial charge in [0.1, 0.15) is 0 Å². The van der Waals surface area contributed by atoms with E-state index in [4.69, 9.17) is 0 Å². The third kappa shape index (κ3) is 13.2. The van der Waals surface area contributed by atoms with Gasteiger partial charge in [-0.1, -0.05) is 388 Å². The second kappa shape index (κ2) is 34.2. The van der Waals surface area contributed by atoms with E-state index in [1.807, 2.05) is 11.3 Å². The first-order chi connectivity index (χ1) is 72.4. The van der Waals surface area contributed by atoms with Gasteiger partial charge in [-0.2, -0.15) is 0 Å². The lowest BCUT2D eigenvalue weighted by Gasteiger charge is -2.47. The average Bonchev–Trinajstić information content (AvgIpc) is 1.50. The largest absolute Gasteiger partial charge is 0.334 e. The van der Waals surface area contributed by atoms with Crippen molar-refractivity contribution in [2.45, 2.75) is 23.3 Å². The Bertz CT molecular complexity index is 9340. The van der Waals surface area contributed by atoms with Gasteiger partial charge in [0.05, 0.1) is 56.3 Å². The fraction of sp³-hybridized carbons (Fsp3) is 0.0286. The molecule has 1 unspecified atom stereocenters. The van der Waals surface area contributed by atoms with E-state index in [-0.39, 0.29) is 6.04 Å². The number of para-hydroxylation sites is 8. The zero-order valence-electron chi connectivity index (χ0n) is 79.9. The van der Waals surface area contributed by atoms with Crippen molar-refractivity contribution >= 4 is 121 Å². The molecule has 22 aromatic carbocycles. The summed E-state index contributed by atoms with van der Waals surface area (Å²) in [6.07, 6.45) is 5.72. The van der Waals surface area contributed by atoms with Gasteiger partial charge >= 0.3 is 0 Å². The van der Waals surface area contributed by atoms with Crippen molar-refractivity contribution in [3.63, 3.8) is 0 Å². The fourth-order valence-corrected chi connectivity index (χ4v) is 26.4. The summed E-state index contributed by atoms with van der Waals surface area (Å²) in [5.74, 6) is 0. The maximum atomic E-state index is 2.65. The molecule has 6 heteroatoms. The molecule has 2 aliphatic heterocycles. The van der Waals surface area contributed by atoms with Crippen LogP contribution in [0.25, 0.3) is 142 Å². The van der Waals surface area contributed by atoms with E-state index in [1.54, 1.807) is 0 Å². The van der Waals surface area contributed by atoms with Gasteiger partial charge in [-0.3, -0.25) is 0 Å². The van der Waals surface area contributed by atoms with E-state index < -0.39 is 10.8 Å². The van der Waals surface area contributed by atoms with Crippen LogP contribution in [0.1, 0.15) is 50.9 Å². The van der Waals surface area contributed by atoms with Crippen LogP contribution < -0.4 is 19.6 Å². The van der Waals surface area contributed by atoms with Crippen LogP contribution in [0, 0.1) is 0 Å². The third-order valence-electron chi connectivity index (χ3n) is 31.5. The number of aromatic nitrogens is 1. The summed E-state index contributed by atoms with van der Waals surface area (Å²) < 4.78 is 5.07. The highest BCUT2D eigenvalue weighted by Gasteiger charge is 2.55. The summed E-state index contributed by atoms with van der Waals surface area (Å²) in [6.45, 7) is 0. The normalized spacial score (nSPS) is 14.1. The molecule has 146 heavy (non-hydrogen) atoms. The molecule has 0 amide bonds. The molecule has 0 fully saturated rings. The van der Waals surface area contributed by atoms with Crippen LogP contribution in [0.15, 0.2) is 552 Å². The number of hydrogen-bond acceptors (Lipinski definition) is 5. The molecule has 0 saturated carbocycles. The number of fused-ring (bicyclic) bond motifs is 23. The predicted molar refractivity (Wildman–Crippen MR) is 612 cm³/mol. The second-order valence-corrected chi connectivity index (χ2v) is 40.2. The summed E-state index contributed by atoms with van der Waals surface area (Å²) in [6, 6.07) is 200. The average molecular weight is 1880 g/mol. The first kappa shape index (κ1) is 84.4. The molecule has 2 aromatic heterocycles. The van der Waals surface area contributed by atoms with E-state index in [2.05, 4.69) is 570 Å². The first-order valence-electron chi connectivity index (χ1n) is 50.7. The lowest BCUT2D eigenvalue weighted by Crippen LogP contribution is -2.40. The van der Waals surface area contributed by atoms with Crippen molar-refractivity contribution in [1.29, 1.82) is 0 Å². The number of nitrogens with zero attached hydrogens (tertiary/aromatic N) is 5. The van der Waals surface area contributed by atoms with Gasteiger partial charge in [0.25, 0.3) is 0 Å². The molecule has 5 aliphatic rings. The Morgan fingerprint density at radius 3 is 1.27 bits per heavy atom. The van der Waals surface area contributed by atoms with E-state index in [0.717, 1.165) is 113 Å². The Kier molecular flexibility index (Phi) is 19.8. The van der Waals surface area contributed by atoms with Crippen LogP contribution in [-0.4, -0.2) is 10.6 Å². The van der Waals surface area contributed by atoms with Crippen molar-refractivity contribution in [2.24, 2.45) is 0 Å². The minimum atomic E-state index is -0.741. The number of rotatable bonds is 16. The zero-order valence-corrected chi connectivity index (χ0v) is 80.7. The van der Waals surface area contributed by atoms with Gasteiger partial charge in [0.2, 0.25) is 0 Å². The number of anilines is 11. The monoisotopic (exact) mass is 1880 g/mol. The number of benzene rings is 22. The highest BCUT2D eigenvalue weighted by molar-refractivity contribution is 7.25. The first-order valence-corrected chi connectivity index (χ1v) is 51.5. The quantitative estimate of drug-likeness (QED) is 0.0959. The molecule has 5 nitrogen and oxygen atoms in total. The standard InChI is InChI=1S/C140H93N5S/c1-5-34-92(35-6-1)96-38-31-41-102(84-96)111-48-15-24-59-129(111)141(106-73-66-94(67-74-106)99-72-83-138-120(88-99)118-52-17-30-65-137(118)146-138)110-78-81-116-114-51-14-19-54-122(114)140(128(116)91-110)125-57-22-28-63-134(125)145(135-64-29-23-58-126(135)140)108-47-33-40-98(86-108)100-71-82-131-119(87-100)117-79-70-101(89-136(117)143(131)104-43-9-3-10-44-104)95-68-75-107(76-69-95)142(130-60-25-16-49-112(130)103-42-32-39-97(85-103)93-36-7-2-8-37-93)109-77-80-115-113-50-13-18-53-121(113)139(127(115)90-109)123-55-20-26-61-132(123)144(105-45-11-4-12-46-105)133-62-27-21-56-124(133)139/h1-89,91,109H,90H2. The number of thiophene rings is 1. The molecule has 24 aromatic rings. The SMILES string of the molecule is C1=CC(N(c2ccc(-c3ccc4c5cc(-c6cccc(N7c8ccccc8C8(c9ccccc9-c9ccc(N(c%10ccc(-c%11ccc%12sc%13ccccc%13c%12c%11)cc%10)c%10ccccc%10-c%10cccc(-c%11ccccc%11)c%10)cc98)c8ccccc87)c6)ccc5n(-c5ccccc5)c4c3)cc2)c2ccccc2-c2cccc(-c3ccccc3)c2)CC2=C1c1ccccc1C21c2ccccc2N(c2ccccc2)c2ccccc21. The molecule has 684 valence electrons. The van der Waals surface area contributed by atoms with Gasteiger partial charge in [-0.15, -0.1) is 11.3 Å². The summed E-state index contributed by atoms with van der Waals surface area (Å²) in [7, 11) is 0. The molecule has 0 N–H and O–H groups in total. The highest BCUT2D eigenvalue weighted by Crippen LogP contribution is 2.68.